The highest BCUT2D eigenvalue weighted by Gasteiger charge is 2.43. The summed E-state index contributed by atoms with van der Waals surface area (Å²) >= 11 is 3.03. The first kappa shape index (κ1) is 18.5. The third kappa shape index (κ3) is 3.62. The number of nitrogens with one attached hydrogen (secondary N) is 1. The number of carbonyl (C=O) groups is 2. The van der Waals surface area contributed by atoms with E-state index in [1.807, 2.05) is 19.2 Å². The third-order valence-electron chi connectivity index (χ3n) is 5.35. The molecule has 2 aliphatic rings. The fraction of sp³-hybridized carbons (Fsp3) is 0.450. The molecule has 1 saturated heterocycles. The first-order chi connectivity index (χ1) is 13.0. The number of nitrogens with zero attached hydrogens (tertiary/aromatic N) is 2. The molecule has 5 nitrogen and oxygen atoms in total. The molecule has 1 aromatic carbocycles. The lowest BCUT2D eigenvalue weighted by molar-refractivity contribution is -0.130. The largest absolute Gasteiger partial charge is 0.318 e. The molecule has 0 spiro atoms. The molecule has 0 saturated carbocycles. The molecule has 7 heteroatoms. The lowest BCUT2D eigenvalue weighted by Gasteiger charge is -2.29. The summed E-state index contributed by atoms with van der Waals surface area (Å²) in [6.45, 7) is 3.91. The third-order valence-corrected chi connectivity index (χ3v) is 7.50. The van der Waals surface area contributed by atoms with Crippen molar-refractivity contribution in [1.82, 2.24) is 9.88 Å². The molecule has 1 unspecified atom stereocenters. The first-order valence-corrected chi connectivity index (χ1v) is 11.1. The predicted octanol–water partition coefficient (Wildman–Crippen LogP) is 3.94. The molecular weight excluding hydrogens is 378 g/mol. The van der Waals surface area contributed by atoms with Crippen LogP contribution in [-0.2, 0) is 22.4 Å². The molecular formula is C20H23N3O2S2. The normalized spacial score (nSPS) is 21.0. The second-order valence-electron chi connectivity index (χ2n) is 7.50. The SMILES string of the molecule is CC1(C)SCC(C(=O)Nc2nc(-c3ccc4c(c3)CCCC4)cs2)N1C=O. The number of anilines is 1. The summed E-state index contributed by atoms with van der Waals surface area (Å²) in [5.74, 6) is 0.423. The molecule has 4 rings (SSSR count). The van der Waals surface area contributed by atoms with Gasteiger partial charge in [0.2, 0.25) is 12.3 Å². The summed E-state index contributed by atoms with van der Waals surface area (Å²) in [6, 6.07) is 6.11. The number of aromatic nitrogens is 1. The zero-order valence-corrected chi connectivity index (χ0v) is 17.2. The van der Waals surface area contributed by atoms with Crippen LogP contribution in [0.1, 0.15) is 37.8 Å². The van der Waals surface area contributed by atoms with Gasteiger partial charge in [0.15, 0.2) is 5.13 Å². The van der Waals surface area contributed by atoms with E-state index in [1.54, 1.807) is 16.7 Å². The summed E-state index contributed by atoms with van der Waals surface area (Å²) in [5.41, 5.74) is 4.85. The number of aryl methyl sites for hydroxylation is 2. The molecule has 1 atom stereocenters. The van der Waals surface area contributed by atoms with Gasteiger partial charge in [0, 0.05) is 16.7 Å². The molecule has 2 heterocycles. The van der Waals surface area contributed by atoms with Crippen LogP contribution in [0.5, 0.6) is 0 Å². The Kier molecular flexibility index (Phi) is 4.99. The van der Waals surface area contributed by atoms with Crippen LogP contribution >= 0.6 is 23.1 Å². The maximum Gasteiger partial charge on any atom is 0.249 e. The second kappa shape index (κ2) is 7.28. The lowest BCUT2D eigenvalue weighted by Crippen LogP contribution is -2.47. The van der Waals surface area contributed by atoms with E-state index < -0.39 is 6.04 Å². The molecule has 1 aromatic heterocycles. The number of thiazole rings is 1. The Balaban J connectivity index is 1.48. The van der Waals surface area contributed by atoms with Crippen LogP contribution in [0.4, 0.5) is 5.13 Å². The van der Waals surface area contributed by atoms with E-state index in [9.17, 15) is 9.59 Å². The van der Waals surface area contributed by atoms with Crippen LogP contribution in [0.15, 0.2) is 23.6 Å². The molecule has 1 aliphatic heterocycles. The molecule has 2 amide bonds. The van der Waals surface area contributed by atoms with E-state index in [0.29, 0.717) is 10.9 Å². The Morgan fingerprint density at radius 3 is 2.85 bits per heavy atom. The first-order valence-electron chi connectivity index (χ1n) is 9.24. The summed E-state index contributed by atoms with van der Waals surface area (Å²) < 4.78 is 0. The second-order valence-corrected chi connectivity index (χ2v) is 9.98. The minimum Gasteiger partial charge on any atom is -0.318 e. The van der Waals surface area contributed by atoms with E-state index in [0.717, 1.165) is 30.5 Å². The van der Waals surface area contributed by atoms with Gasteiger partial charge in [-0.15, -0.1) is 23.1 Å². The van der Waals surface area contributed by atoms with Crippen molar-refractivity contribution in [1.29, 1.82) is 0 Å². The van der Waals surface area contributed by atoms with Crippen molar-refractivity contribution < 1.29 is 9.59 Å². The lowest BCUT2D eigenvalue weighted by atomic mass is 9.90. The van der Waals surface area contributed by atoms with E-state index in [4.69, 9.17) is 0 Å². The minimum atomic E-state index is -0.460. The Hall–Kier alpha value is -1.86. The average Bonchev–Trinajstić information content (AvgIpc) is 3.24. The van der Waals surface area contributed by atoms with Crippen LogP contribution < -0.4 is 5.32 Å². The van der Waals surface area contributed by atoms with Crippen molar-refractivity contribution in [3.63, 3.8) is 0 Å². The van der Waals surface area contributed by atoms with Crippen LogP contribution in [0.2, 0.25) is 0 Å². The van der Waals surface area contributed by atoms with Gasteiger partial charge in [0.05, 0.1) is 10.6 Å². The van der Waals surface area contributed by atoms with Crippen molar-refractivity contribution in [2.24, 2.45) is 0 Å². The molecule has 1 fully saturated rings. The molecule has 2 aromatic rings. The number of benzene rings is 1. The number of hydrogen-bond donors (Lipinski definition) is 1. The smallest absolute Gasteiger partial charge is 0.249 e. The summed E-state index contributed by atoms with van der Waals surface area (Å²) in [6.07, 6.45) is 5.58. The van der Waals surface area contributed by atoms with Gasteiger partial charge in [-0.3, -0.25) is 9.59 Å². The topological polar surface area (TPSA) is 62.3 Å². The Bertz CT molecular complexity index is 878. The number of rotatable bonds is 4. The van der Waals surface area contributed by atoms with Crippen molar-refractivity contribution in [2.75, 3.05) is 11.1 Å². The molecule has 1 aliphatic carbocycles. The highest BCUT2D eigenvalue weighted by Crippen LogP contribution is 2.38. The van der Waals surface area contributed by atoms with Gasteiger partial charge in [-0.05, 0) is 56.7 Å². The minimum absolute atomic E-state index is 0.175. The number of carbonyl (C=O) groups excluding carboxylic acids is 2. The van der Waals surface area contributed by atoms with Gasteiger partial charge in [-0.2, -0.15) is 0 Å². The van der Waals surface area contributed by atoms with Gasteiger partial charge in [-0.1, -0.05) is 12.1 Å². The van der Waals surface area contributed by atoms with Crippen LogP contribution in [0.25, 0.3) is 11.3 Å². The molecule has 1 N–H and O–H groups in total. The average molecular weight is 402 g/mol. The summed E-state index contributed by atoms with van der Waals surface area (Å²) in [4.78, 5) is 29.9. The Morgan fingerprint density at radius 1 is 1.30 bits per heavy atom. The van der Waals surface area contributed by atoms with Crippen molar-refractivity contribution in [3.05, 3.63) is 34.7 Å². The molecule has 142 valence electrons. The number of hydrogen-bond acceptors (Lipinski definition) is 5. The standard InChI is InChI=1S/C20H23N3O2S2/c1-20(2)23(12-24)17(11-27-20)18(25)22-19-21-16(10-26-19)15-8-7-13-5-3-4-6-14(13)9-15/h7-10,12,17H,3-6,11H2,1-2H3,(H,21,22,25). The van der Waals surface area contributed by atoms with Gasteiger partial charge in [0.1, 0.15) is 6.04 Å². The maximum atomic E-state index is 12.7. The fourth-order valence-electron chi connectivity index (χ4n) is 3.76. The van der Waals surface area contributed by atoms with Gasteiger partial charge < -0.3 is 10.2 Å². The highest BCUT2D eigenvalue weighted by atomic mass is 32.2. The van der Waals surface area contributed by atoms with Crippen LogP contribution in [-0.4, -0.2) is 38.9 Å². The Morgan fingerprint density at radius 2 is 2.07 bits per heavy atom. The van der Waals surface area contributed by atoms with E-state index in [2.05, 4.69) is 28.5 Å². The van der Waals surface area contributed by atoms with E-state index in [1.165, 1.54) is 35.3 Å². The van der Waals surface area contributed by atoms with E-state index in [-0.39, 0.29) is 10.8 Å². The summed E-state index contributed by atoms with van der Waals surface area (Å²) in [7, 11) is 0. The molecule has 0 radical (unpaired) electrons. The summed E-state index contributed by atoms with van der Waals surface area (Å²) in [5, 5.41) is 5.45. The Labute approximate surface area is 167 Å². The number of thioether (sulfide) groups is 1. The monoisotopic (exact) mass is 401 g/mol. The van der Waals surface area contributed by atoms with Gasteiger partial charge >= 0.3 is 0 Å². The zero-order valence-electron chi connectivity index (χ0n) is 15.5. The van der Waals surface area contributed by atoms with Crippen molar-refractivity contribution >= 4 is 40.5 Å². The van der Waals surface area contributed by atoms with Crippen LogP contribution in [0, 0.1) is 0 Å². The quantitative estimate of drug-likeness (QED) is 0.789. The highest BCUT2D eigenvalue weighted by molar-refractivity contribution is 8.00. The van der Waals surface area contributed by atoms with E-state index >= 15 is 0 Å². The fourth-order valence-corrected chi connectivity index (χ4v) is 5.68. The molecule has 0 bridgehead atoms. The van der Waals surface area contributed by atoms with Crippen molar-refractivity contribution in [3.8, 4) is 11.3 Å². The maximum absolute atomic E-state index is 12.7. The number of fused-ring (bicyclic) bond motifs is 1. The van der Waals surface area contributed by atoms with Gasteiger partial charge in [-0.25, -0.2) is 4.98 Å². The van der Waals surface area contributed by atoms with Crippen molar-refractivity contribution in [2.45, 2.75) is 50.4 Å². The van der Waals surface area contributed by atoms with Gasteiger partial charge in [0.25, 0.3) is 0 Å². The molecule has 27 heavy (non-hydrogen) atoms. The zero-order chi connectivity index (χ0) is 19.0. The van der Waals surface area contributed by atoms with Crippen LogP contribution in [0.3, 0.4) is 0 Å². The predicted molar refractivity (Wildman–Crippen MR) is 111 cm³/mol. The number of amides is 2.